The highest BCUT2D eigenvalue weighted by atomic mass is 16.6. The first-order chi connectivity index (χ1) is 66.6. The molecular weight excluding hydrogens is 1770 g/mol. The van der Waals surface area contributed by atoms with Gasteiger partial charge in [-0.15, -0.1) is 0 Å². The molecule has 6 aromatic rings. The molecule has 4 aromatic heterocycles. The topological polar surface area (TPSA) is 448 Å². The lowest BCUT2D eigenvalue weighted by Gasteiger charge is -2.42. The molecule has 7 N–H and O–H groups in total. The number of piperazine rings is 1. The molecule has 1 unspecified atom stereocenters. The number of rotatable bonds is 32. The van der Waals surface area contributed by atoms with Gasteiger partial charge in [0.1, 0.15) is 54.1 Å². The summed E-state index contributed by atoms with van der Waals surface area (Å²) in [6.07, 6.45) is 19.7. The summed E-state index contributed by atoms with van der Waals surface area (Å²) < 4.78 is 61.0. The van der Waals surface area contributed by atoms with Gasteiger partial charge in [0, 0.05) is 147 Å². The van der Waals surface area contributed by atoms with Crippen molar-refractivity contribution in [3.05, 3.63) is 148 Å². The number of nitrogens with one attached hydrogen (secondary N) is 2. The van der Waals surface area contributed by atoms with Crippen molar-refractivity contribution >= 4 is 81.4 Å². The summed E-state index contributed by atoms with van der Waals surface area (Å²) in [5.41, 5.74) is 16.8. The Morgan fingerprint density at radius 1 is 0.717 bits per heavy atom. The van der Waals surface area contributed by atoms with Crippen LogP contribution >= 0.6 is 0 Å². The van der Waals surface area contributed by atoms with Gasteiger partial charge in [0.15, 0.2) is 11.4 Å². The Hall–Kier alpha value is -10.8. The molecule has 36 nitrogen and oxygen atoms in total. The van der Waals surface area contributed by atoms with Crippen LogP contribution in [0.1, 0.15) is 177 Å². The van der Waals surface area contributed by atoms with Gasteiger partial charge in [-0.1, -0.05) is 95.3 Å². The van der Waals surface area contributed by atoms with E-state index in [0.29, 0.717) is 178 Å². The van der Waals surface area contributed by atoms with Crippen LogP contribution in [-0.4, -0.2) is 299 Å². The summed E-state index contributed by atoms with van der Waals surface area (Å²) in [6, 6.07) is 11.1. The van der Waals surface area contributed by atoms with E-state index in [-0.39, 0.29) is 106 Å². The molecule has 7 aliphatic rings. The number of nitrogen functional groups attached to an aromatic ring is 1. The maximum Gasteiger partial charge on any atom is 0.329 e. The Kier molecular flexibility index (Phi) is 38.2. The van der Waals surface area contributed by atoms with Gasteiger partial charge in [0.2, 0.25) is 23.6 Å². The molecule has 748 valence electrons. The Morgan fingerprint density at radius 2 is 1.46 bits per heavy atom. The fourth-order valence-corrected chi connectivity index (χ4v) is 19.7. The van der Waals surface area contributed by atoms with E-state index in [2.05, 4.69) is 76.9 Å². The van der Waals surface area contributed by atoms with Crippen LogP contribution in [-0.2, 0) is 113 Å². The number of aryl methyl sites for hydroxylation is 1. The highest BCUT2D eigenvalue weighted by molar-refractivity contribution is 6.39. The average Bonchev–Trinajstić information content (AvgIpc) is 1.72. The lowest BCUT2D eigenvalue weighted by Crippen LogP contribution is -2.61. The highest BCUT2D eigenvalue weighted by Gasteiger charge is 2.54. The number of aromatic nitrogens is 8. The smallest absolute Gasteiger partial charge is 0.329 e. The number of carbonyl (C=O) groups excluding carboxylic acids is 8. The Balaban J connectivity index is 0.503. The first kappa shape index (κ1) is 105. The summed E-state index contributed by atoms with van der Waals surface area (Å²) in [4.78, 5) is 147. The molecule has 4 fully saturated rings. The number of methoxy groups -OCH3 is 3. The van der Waals surface area contributed by atoms with E-state index in [4.69, 9.17) is 58.2 Å². The number of ether oxygens (including phenoxy) is 10. The fraction of sp³-hybridized carbons (Fsp3) is 0.598. The minimum Gasteiger partial charge on any atom is -0.460 e. The molecule has 0 spiro atoms. The molecule has 1 saturated carbocycles. The number of carbonyl (C=O) groups is 8. The number of piperidine rings is 1. The zero-order chi connectivity index (χ0) is 98.1. The van der Waals surface area contributed by atoms with Crippen molar-refractivity contribution in [1.82, 2.24) is 54.8 Å². The number of hydrogen-bond acceptors (Lipinski definition) is 32. The number of nitrogens with zero attached hydrogens (tertiary/aromatic N) is 12. The maximum absolute atomic E-state index is 14.9. The number of anilines is 4. The summed E-state index contributed by atoms with van der Waals surface area (Å²) in [7, 11) is 4.49. The second-order valence-electron chi connectivity index (χ2n) is 37.8. The third-order valence-electron chi connectivity index (χ3n) is 27.9. The number of esters is 2. The summed E-state index contributed by atoms with van der Waals surface area (Å²) in [6.45, 7) is 19.0. The van der Waals surface area contributed by atoms with Crippen LogP contribution < -0.4 is 26.2 Å². The van der Waals surface area contributed by atoms with E-state index in [0.717, 1.165) is 58.4 Å². The van der Waals surface area contributed by atoms with Gasteiger partial charge in [-0.2, -0.15) is 5.10 Å². The normalized spacial score (nSPS) is 27.2. The van der Waals surface area contributed by atoms with E-state index in [9.17, 15) is 53.7 Å². The second kappa shape index (κ2) is 50.4. The van der Waals surface area contributed by atoms with Crippen LogP contribution in [0.2, 0.25) is 0 Å². The first-order valence-electron chi connectivity index (χ1n) is 48.9. The summed E-state index contributed by atoms with van der Waals surface area (Å²) in [5, 5.41) is 46.5. The number of Topliss-reactive ketones (excluding diaryl/α,β-unsaturated/α-hetero) is 3. The number of nitrogens with two attached hydrogens (primary N) is 1. The van der Waals surface area contributed by atoms with Gasteiger partial charge >= 0.3 is 11.9 Å². The number of allylic oxidation sites excluding steroid dienone is 6. The van der Waals surface area contributed by atoms with Gasteiger partial charge in [-0.25, -0.2) is 39.4 Å². The summed E-state index contributed by atoms with van der Waals surface area (Å²) >= 11 is 0. The fourth-order valence-electron chi connectivity index (χ4n) is 19.7. The van der Waals surface area contributed by atoms with Crippen LogP contribution in [0.3, 0.4) is 0 Å². The monoisotopic (exact) mass is 1910 g/mol. The van der Waals surface area contributed by atoms with Crippen molar-refractivity contribution in [2.45, 2.75) is 231 Å². The third-order valence-corrected chi connectivity index (χ3v) is 27.9. The van der Waals surface area contributed by atoms with E-state index in [1.54, 1.807) is 60.4 Å². The first-order valence-corrected chi connectivity index (χ1v) is 48.9. The van der Waals surface area contributed by atoms with Crippen molar-refractivity contribution in [1.29, 1.82) is 0 Å². The molecule has 1 aliphatic carbocycles. The molecule has 13 rings (SSSR count). The van der Waals surface area contributed by atoms with Gasteiger partial charge in [0.25, 0.3) is 17.6 Å². The highest BCUT2D eigenvalue weighted by Crippen LogP contribution is 2.41. The number of hydrogen-bond donors (Lipinski definition) is 6. The van der Waals surface area contributed by atoms with Crippen molar-refractivity contribution in [3.8, 4) is 11.3 Å². The molecule has 16 atom stereocenters. The number of aliphatic hydroxyl groups excluding tert-OH is 2. The quantitative estimate of drug-likeness (QED) is 0.00993. The van der Waals surface area contributed by atoms with Crippen LogP contribution in [0.4, 0.5) is 23.4 Å². The molecule has 36 heteroatoms. The standard InChI is InChI=1S/C102H139N15O21/c1-63-16-12-11-13-17-64(2)84(129-8)52-79-25-19-69(7)102(128,138-79)94(124)98(126)116-34-15-14-18-81(116)99(127)137-85(53-82(119)65(3)47-68(6)92(123)93(131-10)91(122)67(5)46-63)66(4)48-70-21-27-83(86(50-70)130-9)136-88(121)28-22-72-54-106-101(107-55-72)115-37-36-114(60-78(115)61-118)100-108-56-77(57-109-100)97(125)105-33-39-133-41-43-135-45-44-134-42-40-132-38-31-87(120)113-35-30-73-49-71(20-23-76(73)59-113)58-117-96-89(95(103)110-62-111-96)90(112-117)75-24-26-80-74(51-75)29-32-104-80/h11-13,16-17,20,23-24,26,47,49,51,54-57,62-63,65-67,69-70,78-79,81,83-86,92-93,104,118,123,128H,14-15,18-19,21-22,25,27-46,48,50,52-53,58-61H2,1-10H3,(H,105,125)(H2,103,110,111)/b13-11+,16-12+,64-17+,68-47+/t63-,65-,66-,67-,69-,70+,78?,79+,81+,83-,84+,85+,86-,92-,93+,102-/m1/s1. The van der Waals surface area contributed by atoms with Crippen LogP contribution in [0.15, 0.2) is 115 Å². The van der Waals surface area contributed by atoms with E-state index in [1.807, 2.05) is 70.5 Å². The Labute approximate surface area is 807 Å². The van der Waals surface area contributed by atoms with Crippen molar-refractivity contribution in [2.75, 3.05) is 147 Å². The number of amides is 3. The third kappa shape index (κ3) is 27.3. The predicted molar refractivity (Wildman–Crippen MR) is 514 cm³/mol. The predicted octanol–water partition coefficient (Wildman–Crippen LogP) is 8.81. The number of benzene rings is 2. The molecular formula is C102H139N15O21. The largest absolute Gasteiger partial charge is 0.460 e. The minimum absolute atomic E-state index is 0.0270. The minimum atomic E-state index is -2.50. The van der Waals surface area contributed by atoms with Crippen LogP contribution in [0, 0.1) is 35.5 Å². The molecule has 2 aromatic carbocycles. The van der Waals surface area contributed by atoms with Gasteiger partial charge < -0.3 is 98.7 Å². The number of cyclic esters (lactones) is 1. The Bertz CT molecular complexity index is 5270. The van der Waals surface area contributed by atoms with Crippen LogP contribution in [0.25, 0.3) is 22.3 Å². The van der Waals surface area contributed by atoms with Gasteiger partial charge in [-0.05, 0) is 166 Å². The van der Waals surface area contributed by atoms with Crippen LogP contribution in [0.5, 0.6) is 0 Å². The maximum atomic E-state index is 14.9. The lowest BCUT2D eigenvalue weighted by atomic mass is 9.78. The molecule has 0 radical (unpaired) electrons. The van der Waals surface area contributed by atoms with Crippen molar-refractivity contribution in [3.63, 3.8) is 0 Å². The number of ketones is 3. The molecule has 3 saturated heterocycles. The number of fused-ring (bicyclic) bond motifs is 6. The average molecular weight is 1910 g/mol. The molecule has 6 aliphatic heterocycles. The van der Waals surface area contributed by atoms with Crippen molar-refractivity contribution in [2.24, 2.45) is 35.5 Å². The van der Waals surface area contributed by atoms with E-state index < -0.39 is 108 Å². The van der Waals surface area contributed by atoms with E-state index >= 15 is 0 Å². The number of aliphatic hydroxyl groups is 3. The van der Waals surface area contributed by atoms with E-state index in [1.165, 1.54) is 41.9 Å². The van der Waals surface area contributed by atoms with Crippen molar-refractivity contribution < 1.29 is 101 Å². The van der Waals surface area contributed by atoms with Gasteiger partial charge in [0.05, 0.1) is 108 Å². The molecule has 2 bridgehead atoms. The zero-order valence-corrected chi connectivity index (χ0v) is 81.4. The summed E-state index contributed by atoms with van der Waals surface area (Å²) in [5.74, 6) is -8.39. The molecule has 138 heavy (non-hydrogen) atoms. The Morgan fingerprint density at radius 3 is 2.20 bits per heavy atom. The second-order valence-corrected chi connectivity index (χ2v) is 37.8. The lowest BCUT2D eigenvalue weighted by molar-refractivity contribution is -0.265. The zero-order valence-electron chi connectivity index (χ0n) is 81.4. The molecule has 10 heterocycles. The SMILES string of the molecule is CO[C@H]1C[C@@H]2CC[C@@H](C)[C@@](O)(O2)C(=O)C(=O)N2CCCC[C@H]2C(=O)O[C@H]([C@H](C)C[C@@H]2CC[C@@H](OC(=O)CCc3cnc(N4CCN(c5ncc(C(=O)NCCOCCOCCOCCOCCC(=O)N6CCc7cc(Cn8nc(-c9ccc%10c(c9)CCN%10)c9c(N)ncnc98)ccc7C6)cn5)CC4CO)nc3)[C@H](OC)C2)CC(=O)[C@H](C)/C=C(\C)[C@@H](O)[C@@H](OC)C(=O)[C@H](C)C[C@H](C)/C=C/C=C/C=C/1C. The van der Waals surface area contributed by atoms with Gasteiger partial charge in [-0.3, -0.25) is 33.6 Å². The molecule has 3 amide bonds.